The topological polar surface area (TPSA) is 66.5 Å². The first-order valence-corrected chi connectivity index (χ1v) is 9.74. The van der Waals surface area contributed by atoms with E-state index in [0.29, 0.717) is 17.8 Å². The van der Waals surface area contributed by atoms with Crippen LogP contribution in [-0.2, 0) is 10.0 Å². The van der Waals surface area contributed by atoms with Crippen molar-refractivity contribution in [3.05, 3.63) is 59.7 Å². The largest absolute Gasteiger partial charge is 0.352 e. The second kappa shape index (κ2) is 8.16. The number of hydrogen-bond donors (Lipinski definition) is 1. The number of anilines is 1. The number of unbranched alkanes of at least 4 members (excludes halogenated alkanes) is 1. The second-order valence-corrected chi connectivity index (χ2v) is 7.87. The fourth-order valence-electron chi connectivity index (χ4n) is 2.48. The molecule has 0 aromatic heterocycles. The van der Waals surface area contributed by atoms with Gasteiger partial charge >= 0.3 is 0 Å². The maximum Gasteiger partial charge on any atom is 0.264 e. The van der Waals surface area contributed by atoms with E-state index >= 15 is 0 Å². The fourth-order valence-corrected chi connectivity index (χ4v) is 3.79. The van der Waals surface area contributed by atoms with Crippen molar-refractivity contribution in [3.63, 3.8) is 0 Å². The zero-order valence-corrected chi connectivity index (χ0v) is 15.6. The molecule has 1 N–H and O–H groups in total. The molecule has 0 spiro atoms. The molecule has 0 heterocycles. The first-order chi connectivity index (χ1) is 11.9. The van der Waals surface area contributed by atoms with Gasteiger partial charge in [0.15, 0.2) is 0 Å². The number of rotatable bonds is 7. The van der Waals surface area contributed by atoms with Gasteiger partial charge in [-0.3, -0.25) is 9.10 Å². The highest BCUT2D eigenvalue weighted by Gasteiger charge is 2.23. The number of carbonyl (C=O) groups excluding carboxylic acids is 1. The van der Waals surface area contributed by atoms with Crippen molar-refractivity contribution in [2.45, 2.75) is 31.6 Å². The normalized spacial score (nSPS) is 11.2. The second-order valence-electron chi connectivity index (χ2n) is 5.90. The molecule has 0 bridgehead atoms. The molecular formula is C19H24N2O3S. The average Bonchev–Trinajstić information content (AvgIpc) is 2.61. The van der Waals surface area contributed by atoms with Crippen molar-refractivity contribution in [3.8, 4) is 0 Å². The summed E-state index contributed by atoms with van der Waals surface area (Å²) in [5.74, 6) is -0.260. The molecule has 0 fully saturated rings. The number of benzene rings is 2. The van der Waals surface area contributed by atoms with E-state index in [1.54, 1.807) is 24.3 Å². The summed E-state index contributed by atoms with van der Waals surface area (Å²) in [6.45, 7) is 4.48. The summed E-state index contributed by atoms with van der Waals surface area (Å²) in [5, 5.41) is 2.80. The number of hydrogen-bond acceptors (Lipinski definition) is 3. The van der Waals surface area contributed by atoms with Gasteiger partial charge in [-0.25, -0.2) is 8.42 Å². The number of nitrogens with one attached hydrogen (secondary N) is 1. The lowest BCUT2D eigenvalue weighted by atomic mass is 10.2. The highest BCUT2D eigenvalue weighted by atomic mass is 32.2. The van der Waals surface area contributed by atoms with E-state index in [0.717, 1.165) is 18.4 Å². The van der Waals surface area contributed by atoms with Crippen LogP contribution in [0.2, 0.25) is 0 Å². The molecule has 0 saturated heterocycles. The SMILES string of the molecule is CCCCNC(=O)c1cccc(S(=O)(=O)N(C)c2ccccc2C)c1. The zero-order chi connectivity index (χ0) is 18.4. The smallest absolute Gasteiger partial charge is 0.264 e. The number of nitrogens with zero attached hydrogens (tertiary/aromatic N) is 1. The Hall–Kier alpha value is -2.34. The molecular weight excluding hydrogens is 336 g/mol. The van der Waals surface area contributed by atoms with E-state index in [2.05, 4.69) is 5.32 Å². The van der Waals surface area contributed by atoms with Gasteiger partial charge in [-0.15, -0.1) is 0 Å². The first kappa shape index (κ1) is 19.0. The molecule has 0 unspecified atom stereocenters. The zero-order valence-electron chi connectivity index (χ0n) is 14.8. The molecule has 1 amide bonds. The maximum atomic E-state index is 12.9. The van der Waals surface area contributed by atoms with Crippen LogP contribution in [0.15, 0.2) is 53.4 Å². The van der Waals surface area contributed by atoms with Crippen LogP contribution in [-0.4, -0.2) is 27.9 Å². The minimum Gasteiger partial charge on any atom is -0.352 e. The third-order valence-electron chi connectivity index (χ3n) is 4.03. The Kier molecular flexibility index (Phi) is 6.20. The number of sulfonamides is 1. The van der Waals surface area contributed by atoms with Crippen LogP contribution in [0.25, 0.3) is 0 Å². The van der Waals surface area contributed by atoms with Crippen molar-refractivity contribution in [1.29, 1.82) is 0 Å². The monoisotopic (exact) mass is 360 g/mol. The molecule has 6 heteroatoms. The standard InChI is InChI=1S/C19H24N2O3S/c1-4-5-13-20-19(22)16-10-8-11-17(14-16)25(23,24)21(3)18-12-7-6-9-15(18)2/h6-12,14H,4-5,13H2,1-3H3,(H,20,22). The van der Waals surface area contributed by atoms with Gasteiger partial charge in [0.25, 0.3) is 15.9 Å². The number of carbonyl (C=O) groups is 1. The van der Waals surface area contributed by atoms with Gasteiger partial charge < -0.3 is 5.32 Å². The van der Waals surface area contributed by atoms with Gasteiger partial charge in [-0.1, -0.05) is 37.6 Å². The van der Waals surface area contributed by atoms with Gasteiger partial charge in [0.1, 0.15) is 0 Å². The Morgan fingerprint density at radius 1 is 1.12 bits per heavy atom. The third kappa shape index (κ3) is 4.39. The molecule has 25 heavy (non-hydrogen) atoms. The van der Waals surface area contributed by atoms with Gasteiger partial charge in [0.2, 0.25) is 0 Å². The summed E-state index contributed by atoms with van der Waals surface area (Å²) in [5.41, 5.74) is 1.82. The van der Waals surface area contributed by atoms with E-state index in [9.17, 15) is 13.2 Å². The summed E-state index contributed by atoms with van der Waals surface area (Å²) >= 11 is 0. The van der Waals surface area contributed by atoms with Crippen LogP contribution in [0.1, 0.15) is 35.7 Å². The molecule has 2 aromatic carbocycles. The Bertz CT molecular complexity index is 847. The van der Waals surface area contributed by atoms with E-state index < -0.39 is 10.0 Å². The van der Waals surface area contributed by atoms with E-state index in [1.807, 2.05) is 26.0 Å². The summed E-state index contributed by atoms with van der Waals surface area (Å²) in [6, 6.07) is 13.4. The first-order valence-electron chi connectivity index (χ1n) is 8.30. The van der Waals surface area contributed by atoms with Gasteiger partial charge in [0.05, 0.1) is 10.6 Å². The van der Waals surface area contributed by atoms with Crippen molar-refractivity contribution in [2.75, 3.05) is 17.9 Å². The number of para-hydroxylation sites is 1. The summed E-state index contributed by atoms with van der Waals surface area (Å²) in [4.78, 5) is 12.3. The van der Waals surface area contributed by atoms with Crippen molar-refractivity contribution in [2.24, 2.45) is 0 Å². The predicted octanol–water partition coefficient (Wildman–Crippen LogP) is 3.35. The number of aryl methyl sites for hydroxylation is 1. The van der Waals surface area contributed by atoms with Crippen molar-refractivity contribution in [1.82, 2.24) is 5.32 Å². The molecule has 5 nitrogen and oxygen atoms in total. The highest BCUT2D eigenvalue weighted by Crippen LogP contribution is 2.25. The molecule has 0 saturated carbocycles. The summed E-state index contributed by atoms with van der Waals surface area (Å²) in [7, 11) is -2.22. The minimum absolute atomic E-state index is 0.0985. The van der Waals surface area contributed by atoms with Crippen LogP contribution in [0.5, 0.6) is 0 Å². The van der Waals surface area contributed by atoms with Crippen LogP contribution in [0.4, 0.5) is 5.69 Å². The van der Waals surface area contributed by atoms with E-state index in [-0.39, 0.29) is 10.8 Å². The predicted molar refractivity (Wildman–Crippen MR) is 100 cm³/mol. The molecule has 0 aliphatic heterocycles. The van der Waals surface area contributed by atoms with Crippen LogP contribution in [0, 0.1) is 6.92 Å². The molecule has 2 aromatic rings. The Balaban J connectivity index is 2.29. The molecule has 0 aliphatic carbocycles. The van der Waals surface area contributed by atoms with Crippen LogP contribution >= 0.6 is 0 Å². The Labute approximate surface area is 149 Å². The third-order valence-corrected chi connectivity index (χ3v) is 5.79. The highest BCUT2D eigenvalue weighted by molar-refractivity contribution is 7.92. The van der Waals surface area contributed by atoms with Crippen LogP contribution < -0.4 is 9.62 Å². The fraction of sp³-hybridized carbons (Fsp3) is 0.316. The Morgan fingerprint density at radius 2 is 1.84 bits per heavy atom. The van der Waals surface area contributed by atoms with Crippen molar-refractivity contribution >= 4 is 21.6 Å². The molecule has 0 radical (unpaired) electrons. The van der Waals surface area contributed by atoms with Gasteiger partial charge in [-0.05, 0) is 43.2 Å². The van der Waals surface area contributed by atoms with E-state index in [4.69, 9.17) is 0 Å². The lowest BCUT2D eigenvalue weighted by Crippen LogP contribution is -2.28. The maximum absolute atomic E-state index is 12.9. The minimum atomic E-state index is -3.74. The lowest BCUT2D eigenvalue weighted by Gasteiger charge is -2.21. The quantitative estimate of drug-likeness (QED) is 0.770. The molecule has 2 rings (SSSR count). The summed E-state index contributed by atoms with van der Waals surface area (Å²) < 4.78 is 27.1. The molecule has 134 valence electrons. The van der Waals surface area contributed by atoms with Crippen molar-refractivity contribution < 1.29 is 13.2 Å². The lowest BCUT2D eigenvalue weighted by molar-refractivity contribution is 0.0953. The number of amides is 1. The molecule has 0 atom stereocenters. The van der Waals surface area contributed by atoms with Crippen LogP contribution in [0.3, 0.4) is 0 Å². The molecule has 0 aliphatic rings. The average molecular weight is 360 g/mol. The Morgan fingerprint density at radius 3 is 2.52 bits per heavy atom. The van der Waals surface area contributed by atoms with E-state index in [1.165, 1.54) is 23.5 Å². The van der Waals surface area contributed by atoms with Gasteiger partial charge in [0, 0.05) is 19.2 Å². The summed E-state index contributed by atoms with van der Waals surface area (Å²) in [6.07, 6.45) is 1.87. The van der Waals surface area contributed by atoms with Gasteiger partial charge in [-0.2, -0.15) is 0 Å².